The van der Waals surface area contributed by atoms with Gasteiger partial charge in [0.15, 0.2) is 0 Å². The van der Waals surface area contributed by atoms with E-state index in [-0.39, 0.29) is 43.1 Å². The molecule has 2 heterocycles. The highest BCUT2D eigenvalue weighted by Crippen LogP contribution is 2.42. The quantitative estimate of drug-likeness (QED) is 0.763. The molecule has 0 aromatic heterocycles. The average Bonchev–Trinajstić information content (AvgIpc) is 2.69. The van der Waals surface area contributed by atoms with Crippen LogP contribution in [0.15, 0.2) is 24.3 Å². The van der Waals surface area contributed by atoms with Gasteiger partial charge in [-0.3, -0.25) is 4.79 Å². The van der Waals surface area contributed by atoms with Crippen molar-refractivity contribution in [1.82, 2.24) is 15.1 Å². The van der Waals surface area contributed by atoms with Crippen LogP contribution in [0.25, 0.3) is 0 Å². The third kappa shape index (κ3) is 4.00. The van der Waals surface area contributed by atoms with E-state index in [2.05, 4.69) is 24.1 Å². The smallest absolute Gasteiger partial charge is 0.317 e. The molecule has 0 aliphatic carbocycles. The highest BCUT2D eigenvalue weighted by molar-refractivity contribution is 5.87. The van der Waals surface area contributed by atoms with Crippen LogP contribution in [-0.2, 0) is 4.79 Å². The van der Waals surface area contributed by atoms with Crippen molar-refractivity contribution in [3.05, 3.63) is 35.4 Å². The summed E-state index contributed by atoms with van der Waals surface area (Å²) >= 11 is 0. The predicted octanol–water partition coefficient (Wildman–Crippen LogP) is 1.93. The molecule has 2 aliphatic rings. The van der Waals surface area contributed by atoms with Crippen molar-refractivity contribution in [2.45, 2.75) is 51.1 Å². The minimum absolute atomic E-state index is 0.0216. The molecule has 3 amide bonds. The largest absolute Gasteiger partial charge is 0.394 e. The summed E-state index contributed by atoms with van der Waals surface area (Å²) in [6.07, 6.45) is 2.77. The molecule has 2 saturated heterocycles. The zero-order valence-corrected chi connectivity index (χ0v) is 16.6. The standard InChI is InChI=1S/C22H29N3O3/c1-3-5-6-7-16-8-10-17(11-9-16)21-18-13-24(22(28)23-12-4-2)14-20(27)25(18)19(21)15-26/h8-11,18-19,21,26H,3-5,12-15H2,1-2H3,(H,23,28)/t18-,19+,21-/m1/s1. The summed E-state index contributed by atoms with van der Waals surface area (Å²) < 4.78 is 0. The van der Waals surface area contributed by atoms with Gasteiger partial charge < -0.3 is 20.2 Å². The van der Waals surface area contributed by atoms with Gasteiger partial charge in [-0.1, -0.05) is 37.8 Å². The molecule has 3 rings (SSSR count). The summed E-state index contributed by atoms with van der Waals surface area (Å²) in [5.74, 6) is 6.22. The number of rotatable bonds is 5. The second kappa shape index (κ2) is 9.11. The number of carbonyl (C=O) groups is 2. The molecule has 1 aromatic rings. The van der Waals surface area contributed by atoms with E-state index in [1.165, 1.54) is 0 Å². The Balaban J connectivity index is 1.75. The van der Waals surface area contributed by atoms with Crippen molar-refractivity contribution >= 4 is 11.9 Å². The van der Waals surface area contributed by atoms with Crippen LogP contribution < -0.4 is 5.32 Å². The van der Waals surface area contributed by atoms with E-state index in [9.17, 15) is 14.7 Å². The summed E-state index contributed by atoms with van der Waals surface area (Å²) in [5, 5.41) is 12.7. The molecule has 0 unspecified atom stereocenters. The highest BCUT2D eigenvalue weighted by Gasteiger charge is 2.54. The highest BCUT2D eigenvalue weighted by atomic mass is 16.3. The van der Waals surface area contributed by atoms with Gasteiger partial charge in [0.25, 0.3) is 0 Å². The number of carbonyl (C=O) groups excluding carboxylic acids is 2. The Morgan fingerprint density at radius 2 is 2.00 bits per heavy atom. The monoisotopic (exact) mass is 383 g/mol. The number of urea groups is 1. The van der Waals surface area contributed by atoms with Crippen molar-refractivity contribution < 1.29 is 14.7 Å². The first kappa shape index (κ1) is 20.2. The lowest BCUT2D eigenvalue weighted by molar-refractivity contribution is -0.159. The number of piperazine rings is 1. The number of nitrogens with one attached hydrogen (secondary N) is 1. The molecule has 0 spiro atoms. The zero-order valence-electron chi connectivity index (χ0n) is 16.6. The topological polar surface area (TPSA) is 72.9 Å². The number of amides is 3. The molecule has 28 heavy (non-hydrogen) atoms. The molecule has 2 fully saturated rings. The number of nitrogens with zero attached hydrogens (tertiary/aromatic N) is 2. The maximum atomic E-state index is 12.6. The summed E-state index contributed by atoms with van der Waals surface area (Å²) in [5.41, 5.74) is 2.04. The predicted molar refractivity (Wildman–Crippen MR) is 108 cm³/mol. The lowest BCUT2D eigenvalue weighted by atomic mass is 9.73. The van der Waals surface area contributed by atoms with Crippen LogP contribution >= 0.6 is 0 Å². The maximum Gasteiger partial charge on any atom is 0.317 e. The maximum absolute atomic E-state index is 12.6. The van der Waals surface area contributed by atoms with Crippen molar-refractivity contribution in [3.63, 3.8) is 0 Å². The number of hydrogen-bond donors (Lipinski definition) is 2. The number of aliphatic hydroxyl groups excluding tert-OH is 1. The number of unbranched alkanes of at least 4 members (excludes halogenated alkanes) is 1. The summed E-state index contributed by atoms with van der Waals surface area (Å²) in [6.45, 7) is 5.18. The summed E-state index contributed by atoms with van der Waals surface area (Å²) in [4.78, 5) is 28.2. The Bertz CT molecular complexity index is 765. The fourth-order valence-electron chi connectivity index (χ4n) is 4.08. The van der Waals surface area contributed by atoms with Gasteiger partial charge in [-0.25, -0.2) is 4.79 Å². The molecule has 0 radical (unpaired) electrons. The van der Waals surface area contributed by atoms with Gasteiger partial charge in [-0.05, 0) is 30.5 Å². The molecule has 150 valence electrons. The molecule has 2 N–H and O–H groups in total. The van der Waals surface area contributed by atoms with E-state index in [0.717, 1.165) is 30.4 Å². The van der Waals surface area contributed by atoms with E-state index in [1.807, 2.05) is 31.2 Å². The van der Waals surface area contributed by atoms with Gasteiger partial charge in [0, 0.05) is 31.0 Å². The Labute approximate surface area is 166 Å². The molecule has 3 atom stereocenters. The first-order valence-corrected chi connectivity index (χ1v) is 10.1. The minimum Gasteiger partial charge on any atom is -0.394 e. The molecule has 0 saturated carbocycles. The van der Waals surface area contributed by atoms with Crippen LogP contribution in [0.1, 0.15) is 50.2 Å². The number of hydrogen-bond acceptors (Lipinski definition) is 3. The Kier molecular flexibility index (Phi) is 6.58. The van der Waals surface area contributed by atoms with Gasteiger partial charge in [0.1, 0.15) is 6.54 Å². The van der Waals surface area contributed by atoms with E-state index < -0.39 is 0 Å². The number of fused-ring (bicyclic) bond motifs is 1. The third-order valence-electron chi connectivity index (χ3n) is 5.47. The number of benzene rings is 1. The van der Waals surface area contributed by atoms with Crippen LogP contribution in [0.2, 0.25) is 0 Å². The molecular formula is C22H29N3O3. The average molecular weight is 383 g/mol. The van der Waals surface area contributed by atoms with Gasteiger partial charge >= 0.3 is 6.03 Å². The minimum atomic E-state index is -0.227. The molecule has 1 aromatic carbocycles. The van der Waals surface area contributed by atoms with Crippen molar-refractivity contribution in [2.75, 3.05) is 26.2 Å². The van der Waals surface area contributed by atoms with Gasteiger partial charge in [-0.15, -0.1) is 0 Å². The van der Waals surface area contributed by atoms with E-state index in [1.54, 1.807) is 9.80 Å². The van der Waals surface area contributed by atoms with E-state index in [4.69, 9.17) is 0 Å². The molecule has 2 aliphatic heterocycles. The Hall–Kier alpha value is -2.52. The summed E-state index contributed by atoms with van der Waals surface area (Å²) in [7, 11) is 0. The summed E-state index contributed by atoms with van der Waals surface area (Å²) in [6, 6.07) is 7.53. The van der Waals surface area contributed by atoms with Gasteiger partial charge in [-0.2, -0.15) is 0 Å². The third-order valence-corrected chi connectivity index (χ3v) is 5.47. The lowest BCUT2D eigenvalue weighted by Crippen LogP contribution is -2.73. The second-order valence-electron chi connectivity index (χ2n) is 7.43. The molecule has 0 bridgehead atoms. The van der Waals surface area contributed by atoms with Crippen molar-refractivity contribution in [3.8, 4) is 11.8 Å². The van der Waals surface area contributed by atoms with Crippen molar-refractivity contribution in [1.29, 1.82) is 0 Å². The number of aliphatic hydroxyl groups is 1. The van der Waals surface area contributed by atoms with Crippen LogP contribution in [0.5, 0.6) is 0 Å². The van der Waals surface area contributed by atoms with Crippen LogP contribution in [0, 0.1) is 11.8 Å². The van der Waals surface area contributed by atoms with Crippen LogP contribution in [0.3, 0.4) is 0 Å². The Morgan fingerprint density at radius 3 is 2.64 bits per heavy atom. The lowest BCUT2D eigenvalue weighted by Gasteiger charge is -2.58. The zero-order chi connectivity index (χ0) is 20.1. The Morgan fingerprint density at radius 1 is 1.25 bits per heavy atom. The molecule has 6 heteroatoms. The second-order valence-corrected chi connectivity index (χ2v) is 7.43. The van der Waals surface area contributed by atoms with E-state index >= 15 is 0 Å². The first-order valence-electron chi connectivity index (χ1n) is 10.1. The van der Waals surface area contributed by atoms with E-state index in [0.29, 0.717) is 13.1 Å². The van der Waals surface area contributed by atoms with Crippen LogP contribution in [0.4, 0.5) is 4.79 Å². The fraction of sp³-hybridized carbons (Fsp3) is 0.545. The van der Waals surface area contributed by atoms with Gasteiger partial charge in [0.05, 0.1) is 18.7 Å². The molecular weight excluding hydrogens is 354 g/mol. The van der Waals surface area contributed by atoms with Gasteiger partial charge in [0.2, 0.25) is 5.91 Å². The SMILES string of the molecule is CCCC#Cc1ccc([C@@H]2[C@H]3CN(C(=O)NCCC)CC(=O)N3[C@H]2CO)cc1. The first-order chi connectivity index (χ1) is 13.6. The fourth-order valence-corrected chi connectivity index (χ4v) is 4.08. The molecule has 6 nitrogen and oxygen atoms in total. The van der Waals surface area contributed by atoms with Crippen LogP contribution in [-0.4, -0.2) is 65.2 Å². The normalized spacial score (nSPS) is 23.4. The van der Waals surface area contributed by atoms with Crippen molar-refractivity contribution in [2.24, 2.45) is 0 Å².